The van der Waals surface area contributed by atoms with Crippen molar-refractivity contribution in [3.63, 3.8) is 0 Å². The molecule has 0 aliphatic carbocycles. The minimum absolute atomic E-state index is 0.275. The molecule has 1 unspecified atom stereocenters. The zero-order valence-electron chi connectivity index (χ0n) is 17.9. The van der Waals surface area contributed by atoms with Crippen molar-refractivity contribution in [3.05, 3.63) is 30.2 Å². The van der Waals surface area contributed by atoms with Gasteiger partial charge in [-0.05, 0) is 50.5 Å². The maximum atomic E-state index is 12.7. The van der Waals surface area contributed by atoms with E-state index in [0.29, 0.717) is 30.8 Å². The second kappa shape index (κ2) is 9.57. The van der Waals surface area contributed by atoms with Gasteiger partial charge in [-0.25, -0.2) is 0 Å². The standard InChI is InChI=1S/C22H31N5O3/c1-17-5-3-4-10-27(17)21(28)16-26-13-11-25(12-14-26)15-20-23-22(24-30-20)18-6-8-19(29-2)9-7-18/h6-9,17H,3-5,10-16H2,1-2H3. The van der Waals surface area contributed by atoms with Crippen molar-refractivity contribution in [2.45, 2.75) is 38.8 Å². The summed E-state index contributed by atoms with van der Waals surface area (Å²) in [5.41, 5.74) is 0.904. The van der Waals surface area contributed by atoms with Crippen molar-refractivity contribution in [1.82, 2.24) is 24.8 Å². The van der Waals surface area contributed by atoms with Crippen molar-refractivity contribution in [1.29, 1.82) is 0 Å². The van der Waals surface area contributed by atoms with Gasteiger partial charge in [0.1, 0.15) is 5.75 Å². The first-order chi connectivity index (χ1) is 14.6. The van der Waals surface area contributed by atoms with E-state index >= 15 is 0 Å². The van der Waals surface area contributed by atoms with E-state index in [1.54, 1.807) is 7.11 Å². The number of benzene rings is 1. The molecule has 1 aromatic carbocycles. The Morgan fingerprint density at radius 1 is 1.10 bits per heavy atom. The molecule has 2 saturated heterocycles. The second-order valence-corrected chi connectivity index (χ2v) is 8.22. The Bertz CT molecular complexity index is 830. The van der Waals surface area contributed by atoms with Crippen molar-refractivity contribution >= 4 is 5.91 Å². The number of methoxy groups -OCH3 is 1. The van der Waals surface area contributed by atoms with Gasteiger partial charge in [-0.15, -0.1) is 0 Å². The van der Waals surface area contributed by atoms with Gasteiger partial charge in [-0.3, -0.25) is 14.6 Å². The largest absolute Gasteiger partial charge is 0.497 e. The summed E-state index contributed by atoms with van der Waals surface area (Å²) in [5.74, 6) is 2.28. The summed E-state index contributed by atoms with van der Waals surface area (Å²) in [6.45, 7) is 7.79. The maximum absolute atomic E-state index is 12.7. The maximum Gasteiger partial charge on any atom is 0.241 e. The van der Waals surface area contributed by atoms with E-state index in [1.807, 2.05) is 24.3 Å². The van der Waals surface area contributed by atoms with Crippen molar-refractivity contribution in [2.24, 2.45) is 0 Å². The van der Waals surface area contributed by atoms with Gasteiger partial charge in [0.05, 0.1) is 20.2 Å². The predicted molar refractivity (Wildman–Crippen MR) is 113 cm³/mol. The van der Waals surface area contributed by atoms with Gasteiger partial charge in [0, 0.05) is 44.3 Å². The van der Waals surface area contributed by atoms with Gasteiger partial charge in [0.25, 0.3) is 0 Å². The fraction of sp³-hybridized carbons (Fsp3) is 0.591. The summed E-state index contributed by atoms with van der Waals surface area (Å²) in [5, 5.41) is 4.11. The van der Waals surface area contributed by atoms with Crippen molar-refractivity contribution < 1.29 is 14.1 Å². The molecule has 1 atom stereocenters. The zero-order valence-corrected chi connectivity index (χ0v) is 17.9. The van der Waals surface area contributed by atoms with E-state index in [9.17, 15) is 4.79 Å². The van der Waals surface area contributed by atoms with E-state index in [4.69, 9.17) is 9.26 Å². The lowest BCUT2D eigenvalue weighted by Gasteiger charge is -2.37. The summed E-state index contributed by atoms with van der Waals surface area (Å²) < 4.78 is 10.6. The third kappa shape index (κ3) is 4.99. The number of carbonyl (C=O) groups is 1. The van der Waals surface area contributed by atoms with E-state index in [2.05, 4.69) is 31.8 Å². The van der Waals surface area contributed by atoms with E-state index in [1.165, 1.54) is 6.42 Å². The normalized spacial score (nSPS) is 21.0. The Labute approximate surface area is 177 Å². The molecule has 162 valence electrons. The van der Waals surface area contributed by atoms with Gasteiger partial charge in [0.15, 0.2) is 0 Å². The Kier molecular flexibility index (Phi) is 6.64. The number of carbonyl (C=O) groups excluding carboxylic acids is 1. The van der Waals surface area contributed by atoms with Gasteiger partial charge in [-0.2, -0.15) is 4.98 Å². The second-order valence-electron chi connectivity index (χ2n) is 8.22. The molecule has 0 N–H and O–H groups in total. The van der Waals surface area contributed by atoms with Crippen LogP contribution in [0.15, 0.2) is 28.8 Å². The van der Waals surface area contributed by atoms with Crippen LogP contribution < -0.4 is 4.74 Å². The van der Waals surface area contributed by atoms with Crippen LogP contribution in [0.2, 0.25) is 0 Å². The molecule has 2 aliphatic heterocycles. The summed E-state index contributed by atoms with van der Waals surface area (Å²) >= 11 is 0. The Morgan fingerprint density at radius 3 is 2.53 bits per heavy atom. The van der Waals surface area contributed by atoms with Crippen LogP contribution in [0.4, 0.5) is 0 Å². The SMILES string of the molecule is COc1ccc(-c2noc(CN3CCN(CC(=O)N4CCCCC4C)CC3)n2)cc1. The molecule has 1 amide bonds. The molecule has 4 rings (SSSR count). The van der Waals surface area contributed by atoms with Crippen molar-refractivity contribution in [2.75, 3.05) is 46.4 Å². The van der Waals surface area contributed by atoms with Crippen LogP contribution in [0.3, 0.4) is 0 Å². The number of aromatic nitrogens is 2. The van der Waals surface area contributed by atoms with Crippen LogP contribution in [0.1, 0.15) is 32.1 Å². The number of piperidine rings is 1. The van der Waals surface area contributed by atoms with E-state index in [0.717, 1.165) is 56.9 Å². The number of likely N-dealkylation sites (tertiary alicyclic amines) is 1. The molecule has 2 aromatic rings. The van der Waals surface area contributed by atoms with Crippen LogP contribution in [-0.4, -0.2) is 83.2 Å². The number of amides is 1. The van der Waals surface area contributed by atoms with Crippen LogP contribution in [0, 0.1) is 0 Å². The van der Waals surface area contributed by atoms with Crippen LogP contribution in [0.5, 0.6) is 5.75 Å². The number of hydrogen-bond donors (Lipinski definition) is 0. The lowest BCUT2D eigenvalue weighted by molar-refractivity contribution is -0.136. The zero-order chi connectivity index (χ0) is 20.9. The summed E-state index contributed by atoms with van der Waals surface area (Å²) in [4.78, 5) is 23.8. The monoisotopic (exact) mass is 413 g/mol. The quantitative estimate of drug-likeness (QED) is 0.719. The summed E-state index contributed by atoms with van der Waals surface area (Å²) in [6.07, 6.45) is 3.49. The number of piperazine rings is 1. The minimum atomic E-state index is 0.275. The first-order valence-corrected chi connectivity index (χ1v) is 10.8. The molecule has 2 fully saturated rings. The lowest BCUT2D eigenvalue weighted by Crippen LogP contribution is -2.51. The molecule has 1 aromatic heterocycles. The molecular formula is C22H31N5O3. The summed E-state index contributed by atoms with van der Waals surface area (Å²) in [6, 6.07) is 8.00. The highest BCUT2D eigenvalue weighted by molar-refractivity contribution is 5.78. The third-order valence-electron chi connectivity index (χ3n) is 6.12. The number of nitrogens with zero attached hydrogens (tertiary/aromatic N) is 5. The average molecular weight is 414 g/mol. The molecule has 3 heterocycles. The van der Waals surface area contributed by atoms with Gasteiger partial charge in [0.2, 0.25) is 17.6 Å². The van der Waals surface area contributed by atoms with Crippen LogP contribution in [0.25, 0.3) is 11.4 Å². The van der Waals surface area contributed by atoms with E-state index < -0.39 is 0 Å². The Balaban J connectivity index is 1.25. The molecule has 30 heavy (non-hydrogen) atoms. The molecular weight excluding hydrogens is 382 g/mol. The number of hydrogen-bond acceptors (Lipinski definition) is 7. The van der Waals surface area contributed by atoms with Gasteiger partial charge in [-0.1, -0.05) is 5.16 Å². The first kappa shape index (κ1) is 20.8. The smallest absolute Gasteiger partial charge is 0.241 e. The fourth-order valence-electron chi connectivity index (χ4n) is 4.22. The minimum Gasteiger partial charge on any atom is -0.497 e. The fourth-order valence-corrected chi connectivity index (χ4v) is 4.22. The highest BCUT2D eigenvalue weighted by Crippen LogP contribution is 2.20. The summed E-state index contributed by atoms with van der Waals surface area (Å²) in [7, 11) is 1.64. The van der Waals surface area contributed by atoms with Crippen molar-refractivity contribution in [3.8, 4) is 17.1 Å². The predicted octanol–water partition coefficient (Wildman–Crippen LogP) is 2.26. The molecule has 8 nitrogen and oxygen atoms in total. The van der Waals surface area contributed by atoms with Crippen LogP contribution in [-0.2, 0) is 11.3 Å². The van der Waals surface area contributed by atoms with E-state index in [-0.39, 0.29) is 5.91 Å². The van der Waals surface area contributed by atoms with Crippen LogP contribution >= 0.6 is 0 Å². The molecule has 2 aliphatic rings. The average Bonchev–Trinajstić information content (AvgIpc) is 3.24. The number of ether oxygens (including phenoxy) is 1. The molecule has 0 saturated carbocycles. The number of rotatable bonds is 6. The topological polar surface area (TPSA) is 74.9 Å². The lowest BCUT2D eigenvalue weighted by atomic mass is 10.0. The van der Waals surface area contributed by atoms with Gasteiger partial charge < -0.3 is 14.2 Å². The Hall–Kier alpha value is -2.45. The molecule has 8 heteroatoms. The third-order valence-corrected chi connectivity index (χ3v) is 6.12. The Morgan fingerprint density at radius 2 is 1.83 bits per heavy atom. The highest BCUT2D eigenvalue weighted by Gasteiger charge is 2.26. The van der Waals surface area contributed by atoms with Gasteiger partial charge >= 0.3 is 0 Å². The molecule has 0 radical (unpaired) electrons. The highest BCUT2D eigenvalue weighted by atomic mass is 16.5. The molecule has 0 spiro atoms. The first-order valence-electron chi connectivity index (χ1n) is 10.8. The molecule has 0 bridgehead atoms.